The maximum atomic E-state index is 14.9. The number of nitrogens with zero attached hydrogens (tertiary/aromatic N) is 6. The molecule has 0 bridgehead atoms. The number of alkyl halides is 2. The summed E-state index contributed by atoms with van der Waals surface area (Å²) in [5, 5.41) is 5.69. The summed E-state index contributed by atoms with van der Waals surface area (Å²) in [6, 6.07) is -0.712. The van der Waals surface area contributed by atoms with Gasteiger partial charge < -0.3 is 29.5 Å². The molecule has 0 unspecified atom stereocenters. The van der Waals surface area contributed by atoms with E-state index in [9.17, 15) is 18.4 Å². The first-order valence-corrected chi connectivity index (χ1v) is 13.1. The highest BCUT2D eigenvalue weighted by Gasteiger charge is 2.48. The number of methoxy groups -OCH3 is 1. The monoisotopic (exact) mass is 554 g/mol. The molecule has 2 aromatic rings. The van der Waals surface area contributed by atoms with Crippen molar-refractivity contribution in [1.29, 1.82) is 0 Å². The number of likely N-dealkylation sites (N-methyl/N-ethyl adjacent to an activating group) is 1. The van der Waals surface area contributed by atoms with Gasteiger partial charge in [0.2, 0.25) is 11.8 Å². The zero-order valence-electron chi connectivity index (χ0n) is 21.5. The number of piperidine rings is 2. The first kappa shape index (κ1) is 27.9. The summed E-state index contributed by atoms with van der Waals surface area (Å²) >= 11 is 1.20. The fourth-order valence-electron chi connectivity index (χ4n) is 4.35. The molecule has 1 atom stereocenters. The average molecular weight is 555 g/mol. The van der Waals surface area contributed by atoms with Crippen molar-refractivity contribution in [1.82, 2.24) is 30.1 Å². The number of aromatic nitrogens is 3. The number of halogens is 2. The molecular formula is C23H32F2N8O4S. The number of anilines is 2. The molecule has 4 rings (SSSR count). The van der Waals surface area contributed by atoms with Gasteiger partial charge in [-0.25, -0.2) is 28.3 Å². The van der Waals surface area contributed by atoms with Crippen molar-refractivity contribution in [3.05, 3.63) is 23.3 Å². The second kappa shape index (κ2) is 12.1. The third-order valence-corrected chi connectivity index (χ3v) is 7.46. The van der Waals surface area contributed by atoms with Crippen molar-refractivity contribution in [2.45, 2.75) is 43.9 Å². The van der Waals surface area contributed by atoms with Gasteiger partial charge in [0.1, 0.15) is 6.04 Å². The van der Waals surface area contributed by atoms with E-state index in [1.54, 1.807) is 18.2 Å². The summed E-state index contributed by atoms with van der Waals surface area (Å²) in [6.07, 6.45) is 3.47. The Bertz CT molecular complexity index is 1110. The molecule has 3 amide bonds. The van der Waals surface area contributed by atoms with E-state index in [0.717, 1.165) is 35.7 Å². The van der Waals surface area contributed by atoms with Gasteiger partial charge in [-0.15, -0.1) is 0 Å². The van der Waals surface area contributed by atoms with E-state index in [4.69, 9.17) is 9.47 Å². The summed E-state index contributed by atoms with van der Waals surface area (Å²) in [6.45, 7) is 1.86. The van der Waals surface area contributed by atoms with Crippen LogP contribution in [0.15, 0.2) is 18.5 Å². The van der Waals surface area contributed by atoms with Crippen LogP contribution in [0.4, 0.5) is 29.4 Å². The number of hydrogen-bond donors (Lipinski definition) is 2. The minimum absolute atomic E-state index is 0.0102. The highest BCUT2D eigenvalue weighted by Crippen LogP contribution is 2.33. The largest absolute Gasteiger partial charge is 0.414 e. The van der Waals surface area contributed by atoms with E-state index in [2.05, 4.69) is 30.5 Å². The van der Waals surface area contributed by atoms with E-state index >= 15 is 0 Å². The number of likely N-dealkylation sites (tertiary alicyclic amines) is 1. The zero-order valence-corrected chi connectivity index (χ0v) is 22.3. The molecule has 12 nitrogen and oxygen atoms in total. The molecule has 2 aliphatic rings. The van der Waals surface area contributed by atoms with Crippen LogP contribution in [-0.4, -0.2) is 102 Å². The molecule has 2 aromatic heterocycles. The highest BCUT2D eigenvalue weighted by molar-refractivity contribution is 7.15. The SMILES string of the molecule is COCc1cnc(NC(=O)N(C)[C@H]2CN(c3nccc(OC(=O)NC4CCN(C)CC4)n3)CCC2(F)F)s1. The lowest BCUT2D eigenvalue weighted by Gasteiger charge is -2.42. The first-order chi connectivity index (χ1) is 18.1. The van der Waals surface area contributed by atoms with E-state index in [1.807, 2.05) is 7.05 Å². The number of thiazole rings is 1. The molecule has 0 saturated carbocycles. The van der Waals surface area contributed by atoms with Crippen molar-refractivity contribution in [3.8, 4) is 5.88 Å². The Balaban J connectivity index is 1.38. The second-order valence-electron chi connectivity index (χ2n) is 9.38. The van der Waals surface area contributed by atoms with Gasteiger partial charge in [0, 0.05) is 58.2 Å². The summed E-state index contributed by atoms with van der Waals surface area (Å²) < 4.78 is 40.2. The molecule has 15 heteroatoms. The maximum Gasteiger partial charge on any atom is 0.414 e. The fraction of sp³-hybridized carbons (Fsp3) is 0.609. The lowest BCUT2D eigenvalue weighted by molar-refractivity contribution is -0.0760. The maximum absolute atomic E-state index is 14.9. The third kappa shape index (κ3) is 7.02. The van der Waals surface area contributed by atoms with Gasteiger partial charge in [0.15, 0.2) is 5.13 Å². The lowest BCUT2D eigenvalue weighted by atomic mass is 10.00. The number of carbonyl (C=O) groups is 2. The van der Waals surface area contributed by atoms with E-state index in [-0.39, 0.29) is 36.1 Å². The number of carbonyl (C=O) groups excluding carboxylic acids is 2. The minimum atomic E-state index is -3.13. The van der Waals surface area contributed by atoms with Gasteiger partial charge in [-0.2, -0.15) is 4.98 Å². The summed E-state index contributed by atoms with van der Waals surface area (Å²) in [5.41, 5.74) is 0. The Kier molecular flexibility index (Phi) is 8.89. The average Bonchev–Trinajstić information content (AvgIpc) is 3.32. The molecule has 208 valence electrons. The molecule has 0 radical (unpaired) electrons. The molecule has 2 aliphatic heterocycles. The fourth-order valence-corrected chi connectivity index (χ4v) is 5.13. The van der Waals surface area contributed by atoms with Crippen LogP contribution in [0.2, 0.25) is 0 Å². The Hall–Kier alpha value is -3.17. The van der Waals surface area contributed by atoms with Crippen LogP contribution in [0, 0.1) is 0 Å². The number of hydrogen-bond acceptors (Lipinski definition) is 10. The van der Waals surface area contributed by atoms with Crippen molar-refractivity contribution < 1.29 is 27.8 Å². The Morgan fingerprint density at radius 2 is 2.03 bits per heavy atom. The van der Waals surface area contributed by atoms with Crippen LogP contribution in [0.5, 0.6) is 5.88 Å². The molecule has 0 aliphatic carbocycles. The quantitative estimate of drug-likeness (QED) is 0.531. The van der Waals surface area contributed by atoms with Crippen LogP contribution in [0.1, 0.15) is 24.1 Å². The van der Waals surface area contributed by atoms with Crippen LogP contribution >= 0.6 is 11.3 Å². The smallest absolute Gasteiger partial charge is 0.391 e. The second-order valence-corrected chi connectivity index (χ2v) is 10.5. The Labute approximate surface area is 223 Å². The predicted molar refractivity (Wildman–Crippen MR) is 137 cm³/mol. The van der Waals surface area contributed by atoms with Gasteiger partial charge in [-0.1, -0.05) is 11.3 Å². The summed E-state index contributed by atoms with van der Waals surface area (Å²) in [7, 11) is 4.89. The normalized spacial score (nSPS) is 20.1. The van der Waals surface area contributed by atoms with Crippen LogP contribution in [-0.2, 0) is 11.3 Å². The van der Waals surface area contributed by atoms with E-state index < -0.39 is 30.5 Å². The summed E-state index contributed by atoms with van der Waals surface area (Å²) in [4.78, 5) is 43.1. The molecule has 0 aromatic carbocycles. The van der Waals surface area contributed by atoms with Crippen LogP contribution in [0.3, 0.4) is 0 Å². The topological polar surface area (TPSA) is 125 Å². The van der Waals surface area contributed by atoms with Crippen LogP contribution < -0.4 is 20.3 Å². The van der Waals surface area contributed by atoms with Gasteiger partial charge >= 0.3 is 12.1 Å². The van der Waals surface area contributed by atoms with Crippen molar-refractivity contribution in [3.63, 3.8) is 0 Å². The number of amides is 3. The van der Waals surface area contributed by atoms with Gasteiger partial charge in [-0.3, -0.25) is 5.32 Å². The van der Waals surface area contributed by atoms with Crippen molar-refractivity contribution in [2.24, 2.45) is 0 Å². The third-order valence-electron chi connectivity index (χ3n) is 6.58. The van der Waals surface area contributed by atoms with Crippen molar-refractivity contribution in [2.75, 3.05) is 57.6 Å². The molecule has 0 spiro atoms. The Morgan fingerprint density at radius 1 is 1.26 bits per heavy atom. The standard InChI is InChI=1S/C23H32F2N8O4S/c1-31-9-5-15(6-10-31)28-22(35)37-18-4-8-26-19(29-18)33-11-7-23(24,25)17(13-33)32(2)21(34)30-20-27-12-16(38-20)14-36-3/h4,8,12,15,17H,5-7,9-11,13-14H2,1-3H3,(H,28,35)(H,27,30,34)/t17-/m0/s1. The van der Waals surface area contributed by atoms with Crippen molar-refractivity contribution >= 4 is 34.5 Å². The summed E-state index contributed by atoms with van der Waals surface area (Å²) in [5.74, 6) is -2.99. The molecule has 2 N–H and O–H groups in total. The molecule has 38 heavy (non-hydrogen) atoms. The lowest BCUT2D eigenvalue weighted by Crippen LogP contribution is -2.60. The number of nitrogens with one attached hydrogen (secondary N) is 2. The van der Waals surface area contributed by atoms with Gasteiger partial charge in [-0.05, 0) is 33.0 Å². The zero-order chi connectivity index (χ0) is 27.3. The van der Waals surface area contributed by atoms with E-state index in [0.29, 0.717) is 6.61 Å². The van der Waals surface area contributed by atoms with E-state index in [1.165, 1.54) is 30.6 Å². The Morgan fingerprint density at radius 3 is 2.76 bits per heavy atom. The minimum Gasteiger partial charge on any atom is -0.391 e. The molecular weight excluding hydrogens is 522 g/mol. The molecule has 4 heterocycles. The highest BCUT2D eigenvalue weighted by atomic mass is 32.1. The van der Waals surface area contributed by atoms with Gasteiger partial charge in [0.25, 0.3) is 5.92 Å². The number of rotatable bonds is 7. The molecule has 2 fully saturated rings. The van der Waals surface area contributed by atoms with Gasteiger partial charge in [0.05, 0.1) is 11.5 Å². The molecule has 2 saturated heterocycles. The first-order valence-electron chi connectivity index (χ1n) is 12.2. The van der Waals surface area contributed by atoms with Crippen LogP contribution in [0.25, 0.3) is 0 Å². The number of urea groups is 1. The number of ether oxygens (including phenoxy) is 2. The predicted octanol–water partition coefficient (Wildman–Crippen LogP) is 2.64.